The molecule has 4 rings (SSSR count). The van der Waals surface area contributed by atoms with Crippen LogP contribution in [0.4, 0.5) is 0 Å². The standard InChI is InChI=1S/C22H16N2O/c25-19-9-4-8-17(14-19)18-12-13-23-22(15-18)21-11-5-10-20(24-21)16-6-2-1-3-7-16/h1-15,25H. The Morgan fingerprint density at radius 1 is 0.560 bits per heavy atom. The van der Waals surface area contributed by atoms with E-state index in [1.54, 1.807) is 18.3 Å². The summed E-state index contributed by atoms with van der Waals surface area (Å²) in [7, 11) is 0. The van der Waals surface area contributed by atoms with Crippen LogP contribution in [0.3, 0.4) is 0 Å². The first-order valence-corrected chi connectivity index (χ1v) is 8.08. The fourth-order valence-electron chi connectivity index (χ4n) is 2.78. The Kier molecular flexibility index (Phi) is 3.97. The topological polar surface area (TPSA) is 46.0 Å². The monoisotopic (exact) mass is 324 g/mol. The van der Waals surface area contributed by atoms with Gasteiger partial charge in [0.1, 0.15) is 5.75 Å². The first-order valence-electron chi connectivity index (χ1n) is 8.08. The van der Waals surface area contributed by atoms with Crippen molar-refractivity contribution in [3.63, 3.8) is 0 Å². The third-order valence-electron chi connectivity index (χ3n) is 4.02. The third kappa shape index (κ3) is 3.26. The molecule has 0 unspecified atom stereocenters. The van der Waals surface area contributed by atoms with Crippen LogP contribution < -0.4 is 0 Å². The minimum atomic E-state index is 0.250. The molecule has 0 saturated heterocycles. The maximum absolute atomic E-state index is 9.70. The van der Waals surface area contributed by atoms with Crippen molar-refractivity contribution in [2.24, 2.45) is 0 Å². The molecule has 0 fully saturated rings. The molecule has 3 nitrogen and oxygen atoms in total. The Hall–Kier alpha value is -3.46. The van der Waals surface area contributed by atoms with E-state index < -0.39 is 0 Å². The number of rotatable bonds is 3. The summed E-state index contributed by atoms with van der Waals surface area (Å²) < 4.78 is 0. The van der Waals surface area contributed by atoms with Crippen molar-refractivity contribution >= 4 is 0 Å². The lowest BCUT2D eigenvalue weighted by atomic mass is 10.0. The molecule has 25 heavy (non-hydrogen) atoms. The Balaban J connectivity index is 1.75. The molecular formula is C22H16N2O. The lowest BCUT2D eigenvalue weighted by Gasteiger charge is -2.07. The SMILES string of the molecule is Oc1cccc(-c2ccnc(-c3cccc(-c4ccccc4)n3)c2)c1. The normalized spacial score (nSPS) is 10.6. The van der Waals surface area contributed by atoms with E-state index in [1.165, 1.54) is 0 Å². The number of phenolic OH excluding ortho intramolecular Hbond substituents is 1. The molecule has 2 aromatic carbocycles. The van der Waals surface area contributed by atoms with Crippen molar-refractivity contribution in [1.29, 1.82) is 0 Å². The zero-order valence-corrected chi connectivity index (χ0v) is 13.5. The van der Waals surface area contributed by atoms with Crippen LogP contribution in [0.2, 0.25) is 0 Å². The van der Waals surface area contributed by atoms with Gasteiger partial charge in [0.2, 0.25) is 0 Å². The van der Waals surface area contributed by atoms with E-state index in [2.05, 4.69) is 4.98 Å². The zero-order chi connectivity index (χ0) is 17.1. The van der Waals surface area contributed by atoms with Gasteiger partial charge >= 0.3 is 0 Å². The molecule has 3 heteroatoms. The van der Waals surface area contributed by atoms with Crippen LogP contribution in [-0.2, 0) is 0 Å². The molecule has 0 radical (unpaired) electrons. The van der Waals surface area contributed by atoms with Gasteiger partial charge in [0, 0.05) is 11.8 Å². The number of phenols is 1. The minimum absolute atomic E-state index is 0.250. The Labute approximate surface area is 146 Å². The number of aromatic nitrogens is 2. The highest BCUT2D eigenvalue weighted by molar-refractivity contribution is 5.71. The van der Waals surface area contributed by atoms with Crippen molar-refractivity contribution in [3.05, 3.63) is 91.1 Å². The van der Waals surface area contributed by atoms with Crippen LogP contribution in [0.25, 0.3) is 33.8 Å². The highest BCUT2D eigenvalue weighted by Gasteiger charge is 2.06. The van der Waals surface area contributed by atoms with Crippen LogP contribution in [0, 0.1) is 0 Å². The van der Waals surface area contributed by atoms with Crippen LogP contribution in [0.5, 0.6) is 5.75 Å². The van der Waals surface area contributed by atoms with E-state index >= 15 is 0 Å². The lowest BCUT2D eigenvalue weighted by Crippen LogP contribution is -1.91. The highest BCUT2D eigenvalue weighted by Crippen LogP contribution is 2.27. The maximum atomic E-state index is 9.70. The second-order valence-electron chi connectivity index (χ2n) is 5.75. The highest BCUT2D eigenvalue weighted by atomic mass is 16.3. The molecule has 0 aliphatic heterocycles. The van der Waals surface area contributed by atoms with Gasteiger partial charge in [0.15, 0.2) is 0 Å². The van der Waals surface area contributed by atoms with Gasteiger partial charge in [-0.25, -0.2) is 4.98 Å². The molecule has 2 aromatic heterocycles. The summed E-state index contributed by atoms with van der Waals surface area (Å²) in [6.45, 7) is 0. The maximum Gasteiger partial charge on any atom is 0.116 e. The lowest BCUT2D eigenvalue weighted by molar-refractivity contribution is 0.475. The second-order valence-corrected chi connectivity index (χ2v) is 5.75. The summed E-state index contributed by atoms with van der Waals surface area (Å²) in [4.78, 5) is 9.22. The first-order chi connectivity index (χ1) is 12.3. The Morgan fingerprint density at radius 3 is 2.12 bits per heavy atom. The summed E-state index contributed by atoms with van der Waals surface area (Å²) >= 11 is 0. The number of nitrogens with zero attached hydrogens (tertiary/aromatic N) is 2. The smallest absolute Gasteiger partial charge is 0.116 e. The molecule has 120 valence electrons. The fraction of sp³-hybridized carbons (Fsp3) is 0. The minimum Gasteiger partial charge on any atom is -0.508 e. The van der Waals surface area contributed by atoms with Crippen LogP contribution in [-0.4, -0.2) is 15.1 Å². The molecule has 0 aliphatic carbocycles. The molecule has 0 saturated carbocycles. The second kappa shape index (κ2) is 6.57. The van der Waals surface area contributed by atoms with Crippen LogP contribution in [0.1, 0.15) is 0 Å². The van der Waals surface area contributed by atoms with E-state index in [9.17, 15) is 5.11 Å². The number of pyridine rings is 2. The van der Waals surface area contributed by atoms with Crippen molar-refractivity contribution in [2.45, 2.75) is 0 Å². The van der Waals surface area contributed by atoms with E-state index in [-0.39, 0.29) is 5.75 Å². The average molecular weight is 324 g/mol. The molecule has 4 aromatic rings. The van der Waals surface area contributed by atoms with Gasteiger partial charge in [-0.1, -0.05) is 48.5 Å². The van der Waals surface area contributed by atoms with E-state index in [0.717, 1.165) is 33.8 Å². The van der Waals surface area contributed by atoms with Crippen molar-refractivity contribution in [2.75, 3.05) is 0 Å². The number of aromatic hydroxyl groups is 1. The van der Waals surface area contributed by atoms with Crippen LogP contribution >= 0.6 is 0 Å². The molecule has 0 bridgehead atoms. The van der Waals surface area contributed by atoms with Crippen LogP contribution in [0.15, 0.2) is 91.1 Å². The van der Waals surface area contributed by atoms with Gasteiger partial charge in [-0.05, 0) is 47.5 Å². The van der Waals surface area contributed by atoms with Gasteiger partial charge in [-0.2, -0.15) is 0 Å². The quantitative estimate of drug-likeness (QED) is 0.564. The van der Waals surface area contributed by atoms with Crippen molar-refractivity contribution in [1.82, 2.24) is 9.97 Å². The molecular weight excluding hydrogens is 308 g/mol. The summed E-state index contributed by atoms with van der Waals surface area (Å²) in [6, 6.07) is 27.2. The Morgan fingerprint density at radius 2 is 1.28 bits per heavy atom. The van der Waals surface area contributed by atoms with Gasteiger partial charge in [-0.3, -0.25) is 4.98 Å². The molecule has 0 spiro atoms. The average Bonchev–Trinajstić information content (AvgIpc) is 2.69. The van der Waals surface area contributed by atoms with Gasteiger partial charge in [0.05, 0.1) is 17.1 Å². The van der Waals surface area contributed by atoms with Gasteiger partial charge < -0.3 is 5.11 Å². The summed E-state index contributed by atoms with van der Waals surface area (Å²) in [6.07, 6.45) is 1.77. The van der Waals surface area contributed by atoms with Gasteiger partial charge in [-0.15, -0.1) is 0 Å². The number of benzene rings is 2. The molecule has 0 amide bonds. The van der Waals surface area contributed by atoms with E-state index in [1.807, 2.05) is 72.8 Å². The third-order valence-corrected chi connectivity index (χ3v) is 4.02. The predicted octanol–water partition coefficient (Wildman–Crippen LogP) is 5.18. The zero-order valence-electron chi connectivity index (χ0n) is 13.5. The first kappa shape index (κ1) is 15.1. The fourth-order valence-corrected chi connectivity index (χ4v) is 2.78. The number of hydrogen-bond donors (Lipinski definition) is 1. The Bertz CT molecular complexity index is 1010. The van der Waals surface area contributed by atoms with Crippen molar-refractivity contribution in [3.8, 4) is 39.5 Å². The van der Waals surface area contributed by atoms with Gasteiger partial charge in [0.25, 0.3) is 0 Å². The van der Waals surface area contributed by atoms with E-state index in [4.69, 9.17) is 4.98 Å². The largest absolute Gasteiger partial charge is 0.508 e. The van der Waals surface area contributed by atoms with E-state index in [0.29, 0.717) is 0 Å². The number of hydrogen-bond acceptors (Lipinski definition) is 3. The predicted molar refractivity (Wildman–Crippen MR) is 100 cm³/mol. The summed E-state index contributed by atoms with van der Waals surface area (Å²) in [5, 5.41) is 9.70. The molecule has 0 atom stereocenters. The van der Waals surface area contributed by atoms with Crippen molar-refractivity contribution < 1.29 is 5.11 Å². The summed E-state index contributed by atoms with van der Waals surface area (Å²) in [5.74, 6) is 0.250. The molecule has 1 N–H and O–H groups in total. The molecule has 0 aliphatic rings. The summed E-state index contributed by atoms with van der Waals surface area (Å²) in [5.41, 5.74) is 5.56. The molecule has 2 heterocycles.